The first-order valence-electron chi connectivity index (χ1n) is 6.02. The van der Waals surface area contributed by atoms with E-state index >= 15 is 0 Å². The van der Waals surface area contributed by atoms with Crippen LogP contribution in [0.5, 0.6) is 0 Å². The Morgan fingerprint density at radius 2 is 1.67 bits per heavy atom. The van der Waals surface area contributed by atoms with E-state index in [1.807, 2.05) is 49.3 Å². The van der Waals surface area contributed by atoms with Crippen LogP contribution in [0.3, 0.4) is 0 Å². The minimum Gasteiger partial charge on any atom is -0.377 e. The molecular formula is C16H18N2. The molecule has 2 nitrogen and oxygen atoms in total. The first kappa shape index (κ1) is 12.4. The molecule has 92 valence electrons. The molecule has 0 amide bonds. The molecule has 0 bridgehead atoms. The van der Waals surface area contributed by atoms with Gasteiger partial charge in [0.05, 0.1) is 5.71 Å². The van der Waals surface area contributed by atoms with Crippen molar-refractivity contribution in [2.24, 2.45) is 0 Å². The molecule has 0 spiro atoms. The molecule has 0 saturated heterocycles. The smallest absolute Gasteiger partial charge is 0.0705 e. The summed E-state index contributed by atoms with van der Waals surface area (Å²) in [5, 5.41) is 8.37. The van der Waals surface area contributed by atoms with Crippen LogP contribution < -0.4 is 4.90 Å². The standard InChI is InChI=1S/C16H18N2/c1-12-9-10-15(18(2)3)14(11-12)16(17)13-7-5-4-6-8-13/h4-11,17H,1-3H3. The topological polar surface area (TPSA) is 27.1 Å². The highest BCUT2D eigenvalue weighted by Gasteiger charge is 2.11. The number of rotatable bonds is 3. The van der Waals surface area contributed by atoms with E-state index in [1.165, 1.54) is 5.56 Å². The van der Waals surface area contributed by atoms with Gasteiger partial charge in [0.2, 0.25) is 0 Å². The zero-order valence-corrected chi connectivity index (χ0v) is 11.1. The third-order valence-electron chi connectivity index (χ3n) is 2.97. The highest BCUT2D eigenvalue weighted by molar-refractivity contribution is 6.14. The van der Waals surface area contributed by atoms with Gasteiger partial charge in [0, 0.05) is 30.9 Å². The van der Waals surface area contributed by atoms with Gasteiger partial charge in [-0.2, -0.15) is 0 Å². The molecule has 0 atom stereocenters. The molecule has 18 heavy (non-hydrogen) atoms. The van der Waals surface area contributed by atoms with Crippen LogP contribution >= 0.6 is 0 Å². The highest BCUT2D eigenvalue weighted by atomic mass is 15.1. The molecule has 2 aromatic rings. The maximum Gasteiger partial charge on any atom is 0.0705 e. The molecular weight excluding hydrogens is 220 g/mol. The molecule has 1 N–H and O–H groups in total. The fourth-order valence-corrected chi connectivity index (χ4v) is 2.00. The van der Waals surface area contributed by atoms with Crippen LogP contribution in [0, 0.1) is 12.3 Å². The van der Waals surface area contributed by atoms with E-state index in [0.29, 0.717) is 5.71 Å². The van der Waals surface area contributed by atoms with E-state index in [1.54, 1.807) is 0 Å². The molecule has 2 heteroatoms. The van der Waals surface area contributed by atoms with Crippen molar-refractivity contribution in [1.82, 2.24) is 0 Å². The van der Waals surface area contributed by atoms with Gasteiger partial charge in [-0.15, -0.1) is 0 Å². The fraction of sp³-hybridized carbons (Fsp3) is 0.188. The minimum atomic E-state index is 0.572. The van der Waals surface area contributed by atoms with E-state index < -0.39 is 0 Å². The monoisotopic (exact) mass is 238 g/mol. The van der Waals surface area contributed by atoms with Gasteiger partial charge in [-0.05, 0) is 19.1 Å². The first-order chi connectivity index (χ1) is 8.59. The molecule has 0 aliphatic rings. The Morgan fingerprint density at radius 3 is 2.28 bits per heavy atom. The van der Waals surface area contributed by atoms with Crippen molar-refractivity contribution in [3.8, 4) is 0 Å². The molecule has 0 heterocycles. The Labute approximate surface area is 108 Å². The zero-order valence-electron chi connectivity index (χ0n) is 11.1. The van der Waals surface area contributed by atoms with Crippen LogP contribution in [0.15, 0.2) is 48.5 Å². The normalized spacial score (nSPS) is 10.2. The van der Waals surface area contributed by atoms with Gasteiger partial charge < -0.3 is 4.90 Å². The van der Waals surface area contributed by atoms with Gasteiger partial charge >= 0.3 is 0 Å². The van der Waals surface area contributed by atoms with Gasteiger partial charge in [0.25, 0.3) is 0 Å². The maximum atomic E-state index is 8.37. The summed E-state index contributed by atoms with van der Waals surface area (Å²) in [5.41, 5.74) is 4.76. The second-order valence-corrected chi connectivity index (χ2v) is 4.66. The molecule has 0 radical (unpaired) electrons. The number of aryl methyl sites for hydroxylation is 1. The Bertz CT molecular complexity index is 557. The summed E-state index contributed by atoms with van der Waals surface area (Å²) in [6.45, 7) is 2.06. The number of anilines is 1. The van der Waals surface area contributed by atoms with Gasteiger partial charge in [0.1, 0.15) is 0 Å². The lowest BCUT2D eigenvalue weighted by molar-refractivity contribution is 1.12. The summed E-state index contributed by atoms with van der Waals surface area (Å²) >= 11 is 0. The number of nitrogens with zero attached hydrogens (tertiary/aromatic N) is 1. The summed E-state index contributed by atoms with van der Waals surface area (Å²) in [4.78, 5) is 2.05. The summed E-state index contributed by atoms with van der Waals surface area (Å²) in [5.74, 6) is 0. The third-order valence-corrected chi connectivity index (χ3v) is 2.97. The van der Waals surface area contributed by atoms with Crippen molar-refractivity contribution in [3.63, 3.8) is 0 Å². The minimum absolute atomic E-state index is 0.572. The number of nitrogens with one attached hydrogen (secondary N) is 1. The maximum absolute atomic E-state index is 8.37. The summed E-state index contributed by atoms with van der Waals surface area (Å²) < 4.78 is 0. The predicted molar refractivity (Wildman–Crippen MR) is 77.9 cm³/mol. The molecule has 2 rings (SSSR count). The van der Waals surface area contributed by atoms with Crippen molar-refractivity contribution < 1.29 is 0 Å². The van der Waals surface area contributed by atoms with E-state index in [9.17, 15) is 0 Å². The molecule has 2 aromatic carbocycles. The molecule has 0 unspecified atom stereocenters. The highest BCUT2D eigenvalue weighted by Crippen LogP contribution is 2.23. The third kappa shape index (κ3) is 2.43. The van der Waals surface area contributed by atoms with Crippen LogP contribution in [-0.2, 0) is 0 Å². The number of hydrogen-bond acceptors (Lipinski definition) is 2. The van der Waals surface area contributed by atoms with E-state index in [4.69, 9.17) is 5.41 Å². The molecule has 0 aliphatic carbocycles. The van der Waals surface area contributed by atoms with E-state index in [2.05, 4.69) is 25.1 Å². The second kappa shape index (κ2) is 5.05. The average molecular weight is 238 g/mol. The van der Waals surface area contributed by atoms with Crippen LogP contribution in [0.25, 0.3) is 0 Å². The summed E-state index contributed by atoms with van der Waals surface area (Å²) in [6, 6.07) is 16.1. The average Bonchev–Trinajstić information content (AvgIpc) is 2.38. The van der Waals surface area contributed by atoms with E-state index in [0.717, 1.165) is 16.8 Å². The SMILES string of the molecule is Cc1ccc(N(C)C)c(C(=N)c2ccccc2)c1. The predicted octanol–water partition coefficient (Wildman–Crippen LogP) is 3.48. The Morgan fingerprint density at radius 1 is 1.00 bits per heavy atom. The van der Waals surface area contributed by atoms with Crippen molar-refractivity contribution in [1.29, 1.82) is 5.41 Å². The number of benzene rings is 2. The number of hydrogen-bond donors (Lipinski definition) is 1. The zero-order chi connectivity index (χ0) is 13.1. The van der Waals surface area contributed by atoms with Gasteiger partial charge in [-0.3, -0.25) is 5.41 Å². The fourth-order valence-electron chi connectivity index (χ4n) is 2.00. The molecule has 0 saturated carbocycles. The molecule has 0 aliphatic heterocycles. The van der Waals surface area contributed by atoms with Crippen LogP contribution in [0.4, 0.5) is 5.69 Å². The quantitative estimate of drug-likeness (QED) is 0.814. The van der Waals surface area contributed by atoms with Crippen LogP contribution in [-0.4, -0.2) is 19.8 Å². The summed E-state index contributed by atoms with van der Waals surface area (Å²) in [7, 11) is 4.01. The lowest BCUT2D eigenvalue weighted by Gasteiger charge is -2.18. The van der Waals surface area contributed by atoms with Crippen molar-refractivity contribution in [2.45, 2.75) is 6.92 Å². The van der Waals surface area contributed by atoms with Crippen molar-refractivity contribution in [2.75, 3.05) is 19.0 Å². The summed E-state index contributed by atoms with van der Waals surface area (Å²) in [6.07, 6.45) is 0. The first-order valence-corrected chi connectivity index (χ1v) is 6.02. The Kier molecular flexibility index (Phi) is 3.47. The van der Waals surface area contributed by atoms with Gasteiger partial charge in [-0.25, -0.2) is 0 Å². The lowest BCUT2D eigenvalue weighted by Crippen LogP contribution is -2.14. The van der Waals surface area contributed by atoms with Crippen molar-refractivity contribution in [3.05, 3.63) is 65.2 Å². The molecule has 0 aromatic heterocycles. The van der Waals surface area contributed by atoms with Crippen molar-refractivity contribution >= 4 is 11.4 Å². The van der Waals surface area contributed by atoms with Gasteiger partial charge in [-0.1, -0.05) is 42.0 Å². The second-order valence-electron chi connectivity index (χ2n) is 4.66. The van der Waals surface area contributed by atoms with Crippen LogP contribution in [0.2, 0.25) is 0 Å². The molecule has 0 fully saturated rings. The Hall–Kier alpha value is -2.09. The van der Waals surface area contributed by atoms with E-state index in [-0.39, 0.29) is 0 Å². The van der Waals surface area contributed by atoms with Gasteiger partial charge in [0.15, 0.2) is 0 Å². The van der Waals surface area contributed by atoms with Crippen LogP contribution in [0.1, 0.15) is 16.7 Å². The Balaban J connectivity index is 2.50. The largest absolute Gasteiger partial charge is 0.377 e. The lowest BCUT2D eigenvalue weighted by atomic mass is 9.98.